The van der Waals surface area contributed by atoms with Crippen molar-refractivity contribution in [1.29, 1.82) is 0 Å². The zero-order chi connectivity index (χ0) is 29.5. The molecule has 0 spiro atoms. The highest BCUT2D eigenvalue weighted by molar-refractivity contribution is 6.05. The van der Waals surface area contributed by atoms with Crippen LogP contribution in [0.15, 0.2) is 54.9 Å². The van der Waals surface area contributed by atoms with Crippen LogP contribution in [0.1, 0.15) is 52.0 Å². The Kier molecular flexibility index (Phi) is 7.19. The van der Waals surface area contributed by atoms with Gasteiger partial charge in [0, 0.05) is 53.8 Å². The molecule has 220 valence electrons. The number of piperidine rings is 1. The van der Waals surface area contributed by atoms with Crippen LogP contribution in [0.3, 0.4) is 0 Å². The molecule has 43 heavy (non-hydrogen) atoms. The lowest BCUT2D eigenvalue weighted by Gasteiger charge is -2.28. The molecule has 2 N–H and O–H groups in total. The normalized spacial score (nSPS) is 18.1. The summed E-state index contributed by atoms with van der Waals surface area (Å²) in [5, 5.41) is 9.48. The molecule has 2 aliphatic rings. The maximum absolute atomic E-state index is 14.3. The Bertz CT molecular complexity index is 1840. The number of aromatic amines is 1. The van der Waals surface area contributed by atoms with Gasteiger partial charge in [0.2, 0.25) is 0 Å². The second-order valence-corrected chi connectivity index (χ2v) is 11.5. The summed E-state index contributed by atoms with van der Waals surface area (Å²) in [7, 11) is 1.82. The van der Waals surface area contributed by atoms with Gasteiger partial charge in [0.1, 0.15) is 18.9 Å². The molecule has 2 aliphatic heterocycles. The smallest absolute Gasteiger partial charge is 0.273 e. The number of benzene rings is 2. The van der Waals surface area contributed by atoms with Gasteiger partial charge in [-0.3, -0.25) is 9.48 Å². The third-order valence-corrected chi connectivity index (χ3v) is 8.67. The van der Waals surface area contributed by atoms with Gasteiger partial charge in [-0.15, -0.1) is 0 Å². The van der Waals surface area contributed by atoms with Crippen LogP contribution in [-0.4, -0.2) is 67.6 Å². The summed E-state index contributed by atoms with van der Waals surface area (Å²) in [4.78, 5) is 24.0. The number of carbonyl (C=O) groups is 1. The number of aromatic nitrogens is 5. The molecule has 2 atom stereocenters. The number of amides is 1. The van der Waals surface area contributed by atoms with Crippen LogP contribution in [0, 0.1) is 17.8 Å². The molecule has 0 radical (unpaired) electrons. The minimum atomic E-state index is -0.970. The Morgan fingerprint density at radius 3 is 2.84 bits per heavy atom. The fraction of sp³-hybridized carbons (Fsp3) is 0.364. The van der Waals surface area contributed by atoms with Gasteiger partial charge in [-0.2, -0.15) is 5.10 Å². The number of fused-ring (bicyclic) bond motifs is 3. The number of nitrogens with one attached hydrogen (secondary N) is 2. The number of alkyl halides is 2. The first-order valence-electron chi connectivity index (χ1n) is 14.8. The molecule has 0 saturated carbocycles. The maximum Gasteiger partial charge on any atom is 0.273 e. The summed E-state index contributed by atoms with van der Waals surface area (Å²) in [5.74, 6) is 6.64. The Morgan fingerprint density at radius 1 is 1.19 bits per heavy atom. The number of nitrogens with zero attached hydrogens (tertiary/aromatic N) is 5. The van der Waals surface area contributed by atoms with E-state index in [0.717, 1.165) is 64.7 Å². The van der Waals surface area contributed by atoms with Gasteiger partial charge >= 0.3 is 0 Å². The molecule has 0 aliphatic carbocycles. The van der Waals surface area contributed by atoms with E-state index in [1.807, 2.05) is 60.1 Å². The van der Waals surface area contributed by atoms with Crippen molar-refractivity contribution in [2.75, 3.05) is 26.3 Å². The molecule has 1 fully saturated rings. The average Bonchev–Trinajstić information content (AvgIpc) is 3.78. The number of imidazole rings is 1. The number of carbonyl (C=O) groups excluding carboxylic acids is 1. The standard InChI is InChI=1S/C33H33F2N7O/c1-40-28-16-22(7-6-21-10-13-41(14-11-21)15-12-34)8-9-25(28)30(39-40)33(43)38-31(27-17-23-4-2-3-5-26(23)37-27)32-29-18-24(35)19-42(29)20-36-32/h2-5,8-9,16-17,20-21,24,31,37H,10-15,18-19H2,1H3,(H,38,43)/t24-,31?/m1/s1. The molecule has 1 amide bonds. The third-order valence-electron chi connectivity index (χ3n) is 8.67. The van der Waals surface area contributed by atoms with Crippen molar-refractivity contribution in [1.82, 2.24) is 34.5 Å². The van der Waals surface area contributed by atoms with Gasteiger partial charge in [-0.25, -0.2) is 13.8 Å². The zero-order valence-electron chi connectivity index (χ0n) is 24.0. The Morgan fingerprint density at radius 2 is 2.02 bits per heavy atom. The molecule has 7 rings (SSSR count). The molecule has 1 saturated heterocycles. The second kappa shape index (κ2) is 11.3. The van der Waals surface area contributed by atoms with Crippen molar-refractivity contribution in [2.24, 2.45) is 13.0 Å². The second-order valence-electron chi connectivity index (χ2n) is 11.5. The van der Waals surface area contributed by atoms with Gasteiger partial charge in [-0.05, 0) is 61.6 Å². The number of likely N-dealkylation sites (tertiary alicyclic amines) is 1. The van der Waals surface area contributed by atoms with E-state index >= 15 is 0 Å². The SMILES string of the molecule is Cn1nc(C(=O)NC(c2cc3ccccc3[nH]2)c2ncn3c2C[C@@H](F)C3)c2ccc(C#CC3CCN(CCF)CC3)cc21. The number of para-hydroxylation sites is 1. The predicted octanol–water partition coefficient (Wildman–Crippen LogP) is 4.70. The number of aryl methyl sites for hydroxylation is 1. The molecule has 3 aromatic heterocycles. The van der Waals surface area contributed by atoms with Gasteiger partial charge in [-0.1, -0.05) is 30.0 Å². The first-order chi connectivity index (χ1) is 21.0. The highest BCUT2D eigenvalue weighted by Gasteiger charge is 2.32. The summed E-state index contributed by atoms with van der Waals surface area (Å²) in [6.45, 7) is 2.20. The fourth-order valence-corrected chi connectivity index (χ4v) is 6.38. The van der Waals surface area contributed by atoms with E-state index in [2.05, 4.69) is 37.1 Å². The highest BCUT2D eigenvalue weighted by Crippen LogP contribution is 2.31. The molecular formula is C33H33F2N7O. The van der Waals surface area contributed by atoms with Crippen LogP contribution < -0.4 is 5.32 Å². The van der Waals surface area contributed by atoms with Crippen LogP contribution >= 0.6 is 0 Å². The van der Waals surface area contributed by atoms with Crippen molar-refractivity contribution in [3.8, 4) is 11.8 Å². The monoisotopic (exact) mass is 581 g/mol. The van der Waals surface area contributed by atoms with Gasteiger partial charge in [0.25, 0.3) is 5.91 Å². The van der Waals surface area contributed by atoms with E-state index in [1.165, 1.54) is 0 Å². The number of H-pyrrole nitrogens is 1. The summed E-state index contributed by atoms with van der Waals surface area (Å²) in [5.41, 5.74) is 5.11. The van der Waals surface area contributed by atoms with E-state index in [-0.39, 0.29) is 31.5 Å². The van der Waals surface area contributed by atoms with Crippen molar-refractivity contribution in [3.05, 3.63) is 83.2 Å². The molecule has 10 heteroatoms. The molecule has 5 heterocycles. The average molecular weight is 582 g/mol. The molecule has 1 unspecified atom stereocenters. The minimum absolute atomic E-state index is 0.259. The van der Waals surface area contributed by atoms with E-state index < -0.39 is 12.2 Å². The first-order valence-corrected chi connectivity index (χ1v) is 14.8. The van der Waals surface area contributed by atoms with Crippen molar-refractivity contribution >= 4 is 27.7 Å². The summed E-state index contributed by atoms with van der Waals surface area (Å²) >= 11 is 0. The predicted molar refractivity (Wildman–Crippen MR) is 161 cm³/mol. The largest absolute Gasteiger partial charge is 0.356 e. The molecule has 2 aromatic carbocycles. The topological polar surface area (TPSA) is 83.8 Å². The van der Waals surface area contributed by atoms with Crippen LogP contribution in [0.5, 0.6) is 0 Å². The van der Waals surface area contributed by atoms with E-state index in [9.17, 15) is 13.6 Å². The van der Waals surface area contributed by atoms with Crippen LogP contribution in [-0.2, 0) is 20.0 Å². The summed E-state index contributed by atoms with van der Waals surface area (Å²) in [6.07, 6.45) is 2.82. The lowest BCUT2D eigenvalue weighted by molar-refractivity contribution is 0.0937. The summed E-state index contributed by atoms with van der Waals surface area (Å²) in [6, 6.07) is 15.1. The maximum atomic E-state index is 14.3. The van der Waals surface area contributed by atoms with E-state index in [1.54, 1.807) is 11.0 Å². The molecule has 8 nitrogen and oxygen atoms in total. The Balaban J connectivity index is 1.16. The van der Waals surface area contributed by atoms with Crippen molar-refractivity contribution in [3.63, 3.8) is 0 Å². The van der Waals surface area contributed by atoms with E-state index in [4.69, 9.17) is 0 Å². The lowest BCUT2D eigenvalue weighted by atomic mass is 9.97. The fourth-order valence-electron chi connectivity index (χ4n) is 6.38. The number of halogens is 2. The van der Waals surface area contributed by atoms with Gasteiger partial charge in [0.05, 0.1) is 24.1 Å². The quantitative estimate of drug-likeness (QED) is 0.285. The van der Waals surface area contributed by atoms with Crippen LogP contribution in [0.4, 0.5) is 8.78 Å². The Labute approximate surface area is 248 Å². The number of hydrogen-bond acceptors (Lipinski definition) is 4. The van der Waals surface area contributed by atoms with Crippen LogP contribution in [0.25, 0.3) is 21.8 Å². The van der Waals surface area contributed by atoms with Crippen molar-refractivity contribution < 1.29 is 13.6 Å². The van der Waals surface area contributed by atoms with Gasteiger partial charge < -0.3 is 19.8 Å². The third kappa shape index (κ3) is 5.30. The van der Waals surface area contributed by atoms with Crippen molar-refractivity contribution in [2.45, 2.75) is 38.0 Å². The van der Waals surface area contributed by atoms with E-state index in [0.29, 0.717) is 17.9 Å². The lowest BCUT2D eigenvalue weighted by Crippen LogP contribution is -2.34. The van der Waals surface area contributed by atoms with Crippen LogP contribution in [0.2, 0.25) is 0 Å². The summed E-state index contributed by atoms with van der Waals surface area (Å²) < 4.78 is 30.5. The molecule has 0 bridgehead atoms. The zero-order valence-corrected chi connectivity index (χ0v) is 24.0. The minimum Gasteiger partial charge on any atom is -0.356 e. The van der Waals surface area contributed by atoms with Gasteiger partial charge in [0.15, 0.2) is 5.69 Å². The highest BCUT2D eigenvalue weighted by atomic mass is 19.1. The molecule has 5 aromatic rings. The Hall–Kier alpha value is -4.49. The first kappa shape index (κ1) is 27.3. The number of rotatable bonds is 6. The molecular weight excluding hydrogens is 548 g/mol. The number of hydrogen-bond donors (Lipinski definition) is 2.